The van der Waals surface area contributed by atoms with Crippen LogP contribution in [0, 0.1) is 11.8 Å². The number of likely N-dealkylation sites (tertiary alicyclic amines) is 1. The van der Waals surface area contributed by atoms with Crippen molar-refractivity contribution in [3.8, 4) is 0 Å². The number of carbonyl (C=O) groups is 3. The van der Waals surface area contributed by atoms with Crippen LogP contribution in [-0.2, 0) is 19.1 Å². The van der Waals surface area contributed by atoms with Gasteiger partial charge in [0.15, 0.2) is 0 Å². The van der Waals surface area contributed by atoms with Crippen molar-refractivity contribution < 1.29 is 24.2 Å². The van der Waals surface area contributed by atoms with E-state index in [1.807, 2.05) is 48.0 Å². The van der Waals surface area contributed by atoms with Crippen molar-refractivity contribution in [2.75, 3.05) is 26.2 Å². The number of ether oxygens (including phenoxy) is 1. The third-order valence-corrected chi connectivity index (χ3v) is 9.24. The van der Waals surface area contributed by atoms with Crippen LogP contribution in [-0.4, -0.2) is 93.1 Å². The molecule has 0 aromatic rings. The molecule has 0 aromatic carbocycles. The van der Waals surface area contributed by atoms with Crippen LogP contribution in [0.3, 0.4) is 0 Å². The van der Waals surface area contributed by atoms with E-state index in [0.717, 1.165) is 32.1 Å². The highest BCUT2D eigenvalue weighted by Crippen LogP contribution is 2.59. The summed E-state index contributed by atoms with van der Waals surface area (Å²) in [6.45, 7) is 7.11. The summed E-state index contributed by atoms with van der Waals surface area (Å²) in [5.41, 5.74) is -2.19. The van der Waals surface area contributed by atoms with E-state index in [1.54, 1.807) is 11.8 Å². The molecule has 6 atom stereocenters. The quantitative estimate of drug-likeness (QED) is 0.567. The first-order chi connectivity index (χ1) is 17.3. The van der Waals surface area contributed by atoms with E-state index in [1.165, 1.54) is 6.42 Å². The zero-order valence-corrected chi connectivity index (χ0v) is 21.9. The van der Waals surface area contributed by atoms with Crippen molar-refractivity contribution in [3.63, 3.8) is 0 Å². The first-order valence-corrected chi connectivity index (χ1v) is 13.9. The summed E-state index contributed by atoms with van der Waals surface area (Å²) < 4.78 is 6.96. The molecule has 1 unspecified atom stereocenters. The minimum atomic E-state index is -1.24. The van der Waals surface area contributed by atoms with Crippen LogP contribution < -0.4 is 0 Å². The fourth-order valence-corrected chi connectivity index (χ4v) is 7.52. The van der Waals surface area contributed by atoms with Crippen LogP contribution in [0.1, 0.15) is 65.7 Å². The number of hydrogen-bond donors (Lipinski definition) is 1. The maximum absolute atomic E-state index is 14.4. The minimum Gasteiger partial charge on any atom is -0.394 e. The zero-order chi connectivity index (χ0) is 25.7. The molecule has 5 rings (SSSR count). The van der Waals surface area contributed by atoms with Crippen LogP contribution in [0.4, 0.5) is 0 Å². The highest BCUT2D eigenvalue weighted by molar-refractivity contribution is 6.00. The van der Waals surface area contributed by atoms with Gasteiger partial charge in [0, 0.05) is 25.7 Å². The topological polar surface area (TPSA) is 90.4 Å². The standard InChI is InChI=1S/C28H41N3O5/c1-4-15-29-16-9-13-27(5-2)21(24(29)33)22-25(34)31(19(3)18-32)23-26(35)30(20-11-7-6-8-12-20)17-10-14-28(22,23)36-27/h9-10,13-14,19-23,32H,4-8,11-12,15-18H2,1-3H3/t19-,21+,22+,23?,27-,28+/m1/s1. The van der Waals surface area contributed by atoms with Gasteiger partial charge in [-0.25, -0.2) is 0 Å². The summed E-state index contributed by atoms with van der Waals surface area (Å²) in [7, 11) is 0. The van der Waals surface area contributed by atoms with Crippen molar-refractivity contribution >= 4 is 17.7 Å². The molecule has 8 nitrogen and oxygen atoms in total. The van der Waals surface area contributed by atoms with Crippen LogP contribution in [0.5, 0.6) is 0 Å². The van der Waals surface area contributed by atoms with Gasteiger partial charge in [0.1, 0.15) is 11.6 Å². The van der Waals surface area contributed by atoms with Crippen LogP contribution in [0.25, 0.3) is 0 Å². The number of carbonyl (C=O) groups excluding carboxylic acids is 3. The summed E-state index contributed by atoms with van der Waals surface area (Å²) >= 11 is 0. The van der Waals surface area contributed by atoms with E-state index >= 15 is 0 Å². The Hall–Kier alpha value is -2.19. The number of rotatable bonds is 6. The highest BCUT2D eigenvalue weighted by Gasteiger charge is 2.75. The zero-order valence-electron chi connectivity index (χ0n) is 21.9. The summed E-state index contributed by atoms with van der Waals surface area (Å²) in [6, 6.07) is -1.31. The Kier molecular flexibility index (Phi) is 6.79. The Balaban J connectivity index is 1.64. The number of aliphatic hydroxyl groups is 1. The van der Waals surface area contributed by atoms with Crippen LogP contribution in [0.2, 0.25) is 0 Å². The Morgan fingerprint density at radius 2 is 1.72 bits per heavy atom. The number of aliphatic hydroxyl groups excluding tert-OH is 1. The number of amides is 3. The van der Waals surface area contributed by atoms with Crippen molar-refractivity contribution in [2.24, 2.45) is 11.8 Å². The molecule has 1 saturated carbocycles. The molecule has 0 bridgehead atoms. The van der Waals surface area contributed by atoms with Crippen molar-refractivity contribution in [2.45, 2.75) is 95.0 Å². The monoisotopic (exact) mass is 499 g/mol. The Labute approximate surface area is 214 Å². The largest absolute Gasteiger partial charge is 0.394 e. The molecule has 36 heavy (non-hydrogen) atoms. The molecule has 8 heteroatoms. The van der Waals surface area contributed by atoms with Crippen LogP contribution >= 0.6 is 0 Å². The van der Waals surface area contributed by atoms with Gasteiger partial charge in [0.05, 0.1) is 30.1 Å². The summed E-state index contributed by atoms with van der Waals surface area (Å²) in [5.74, 6) is -1.97. The molecule has 4 aliphatic heterocycles. The van der Waals surface area contributed by atoms with Gasteiger partial charge in [-0.2, -0.15) is 0 Å². The molecular weight excluding hydrogens is 458 g/mol. The van der Waals surface area contributed by atoms with Gasteiger partial charge in [0.25, 0.3) is 0 Å². The van der Waals surface area contributed by atoms with Gasteiger partial charge in [0.2, 0.25) is 17.7 Å². The third kappa shape index (κ3) is 3.58. The minimum absolute atomic E-state index is 0.0783. The summed E-state index contributed by atoms with van der Waals surface area (Å²) in [5, 5.41) is 10.1. The lowest BCUT2D eigenvalue weighted by Gasteiger charge is -2.42. The predicted molar refractivity (Wildman–Crippen MR) is 135 cm³/mol. The van der Waals surface area contributed by atoms with Gasteiger partial charge in [-0.05, 0) is 32.6 Å². The molecule has 0 radical (unpaired) electrons. The average Bonchev–Trinajstić information content (AvgIpc) is 3.19. The normalized spacial score (nSPS) is 37.6. The lowest BCUT2D eigenvalue weighted by atomic mass is 9.73. The van der Waals surface area contributed by atoms with Gasteiger partial charge >= 0.3 is 0 Å². The fourth-order valence-electron chi connectivity index (χ4n) is 7.52. The second-order valence-corrected chi connectivity index (χ2v) is 11.3. The molecule has 0 aromatic heterocycles. The molecule has 2 saturated heterocycles. The van der Waals surface area contributed by atoms with E-state index in [-0.39, 0.29) is 30.4 Å². The Morgan fingerprint density at radius 3 is 2.39 bits per heavy atom. The SMILES string of the molecule is CCCN1CC=C[C@@]2(CC)O[C@]34C=CCN(C5CCCCC5)C(=O)C3N([C@H](C)CO)C(=O)[C@@H]4[C@H]2C1=O. The molecular formula is C28H41N3O5. The molecule has 1 aliphatic carbocycles. The second kappa shape index (κ2) is 9.60. The average molecular weight is 500 g/mol. The lowest BCUT2D eigenvalue weighted by molar-refractivity contribution is -0.158. The first-order valence-electron chi connectivity index (χ1n) is 13.9. The maximum Gasteiger partial charge on any atom is 0.249 e. The molecule has 198 valence electrons. The molecule has 1 spiro atoms. The fraction of sp³-hybridized carbons (Fsp3) is 0.750. The van der Waals surface area contributed by atoms with Crippen molar-refractivity contribution in [1.82, 2.24) is 14.7 Å². The van der Waals surface area contributed by atoms with E-state index < -0.39 is 35.1 Å². The molecule has 5 aliphatic rings. The Bertz CT molecular complexity index is 959. The summed E-state index contributed by atoms with van der Waals surface area (Å²) in [6.07, 6.45) is 14.5. The van der Waals surface area contributed by atoms with Gasteiger partial charge < -0.3 is 24.5 Å². The number of hydrogen-bond acceptors (Lipinski definition) is 5. The second-order valence-electron chi connectivity index (χ2n) is 11.3. The van der Waals surface area contributed by atoms with Gasteiger partial charge in [-0.3, -0.25) is 14.4 Å². The molecule has 4 heterocycles. The molecule has 3 fully saturated rings. The highest BCUT2D eigenvalue weighted by atomic mass is 16.5. The number of nitrogens with zero attached hydrogens (tertiary/aromatic N) is 3. The predicted octanol–water partition coefficient (Wildman–Crippen LogP) is 2.27. The lowest BCUT2D eigenvalue weighted by Crippen LogP contribution is -2.59. The first kappa shape index (κ1) is 25.5. The van der Waals surface area contributed by atoms with E-state index in [9.17, 15) is 19.5 Å². The van der Waals surface area contributed by atoms with E-state index in [0.29, 0.717) is 26.1 Å². The van der Waals surface area contributed by atoms with Gasteiger partial charge in [-0.15, -0.1) is 0 Å². The van der Waals surface area contributed by atoms with E-state index in [4.69, 9.17) is 4.74 Å². The molecule has 3 amide bonds. The Morgan fingerprint density at radius 1 is 1.00 bits per heavy atom. The smallest absolute Gasteiger partial charge is 0.249 e. The summed E-state index contributed by atoms with van der Waals surface area (Å²) in [4.78, 5) is 48.0. The number of fused-ring (bicyclic) bond motifs is 2. The maximum atomic E-state index is 14.4. The van der Waals surface area contributed by atoms with E-state index in [2.05, 4.69) is 0 Å². The van der Waals surface area contributed by atoms with Crippen molar-refractivity contribution in [1.29, 1.82) is 0 Å². The molecule has 1 N–H and O–H groups in total. The van der Waals surface area contributed by atoms with Gasteiger partial charge in [-0.1, -0.05) is 57.4 Å². The van der Waals surface area contributed by atoms with Crippen molar-refractivity contribution in [3.05, 3.63) is 24.3 Å². The van der Waals surface area contributed by atoms with Crippen LogP contribution in [0.15, 0.2) is 24.3 Å². The third-order valence-electron chi connectivity index (χ3n) is 9.24.